The van der Waals surface area contributed by atoms with Gasteiger partial charge in [-0.25, -0.2) is 0 Å². The highest BCUT2D eigenvalue weighted by atomic mass is 35.5. The van der Waals surface area contributed by atoms with Crippen LogP contribution in [0.15, 0.2) is 29.2 Å². The lowest BCUT2D eigenvalue weighted by Gasteiger charge is -2.14. The third kappa shape index (κ3) is 4.62. The van der Waals surface area contributed by atoms with E-state index < -0.39 is 11.1 Å². The molecule has 0 aromatic heterocycles. The molecule has 8 heteroatoms. The van der Waals surface area contributed by atoms with Gasteiger partial charge in [0, 0.05) is 18.2 Å². The van der Waals surface area contributed by atoms with Crippen LogP contribution >= 0.6 is 23.4 Å². The number of amides is 3. The number of thioether (sulfide) groups is 1. The molecule has 6 nitrogen and oxygen atoms in total. The summed E-state index contributed by atoms with van der Waals surface area (Å²) in [7, 11) is 0. The zero-order valence-electron chi connectivity index (χ0n) is 13.4. The Balaban J connectivity index is 1.58. The molecule has 2 saturated heterocycles. The van der Waals surface area contributed by atoms with Crippen LogP contribution in [0, 0.1) is 0 Å². The standard InChI is InChI=1S/C17H17ClN2O4S/c18-12-5-3-11(4-6-12)8-14-16(22)20(17(23)25-14)10-15(21)19-9-13-2-1-7-24-13/h3-6,8,13H,1-2,7,9-10H2,(H,19,21)/b14-8-/t13-/m0/s1. The van der Waals surface area contributed by atoms with E-state index in [0.29, 0.717) is 23.1 Å². The summed E-state index contributed by atoms with van der Waals surface area (Å²) in [5.74, 6) is -0.831. The molecule has 0 bridgehead atoms. The monoisotopic (exact) mass is 380 g/mol. The molecular formula is C17H17ClN2O4S. The summed E-state index contributed by atoms with van der Waals surface area (Å²) in [5.41, 5.74) is 0.762. The van der Waals surface area contributed by atoms with Gasteiger partial charge >= 0.3 is 0 Å². The topological polar surface area (TPSA) is 75.7 Å². The van der Waals surface area contributed by atoms with E-state index in [-0.39, 0.29) is 18.6 Å². The fourth-order valence-corrected chi connectivity index (χ4v) is 3.54. The number of nitrogens with one attached hydrogen (secondary N) is 1. The summed E-state index contributed by atoms with van der Waals surface area (Å²) >= 11 is 6.66. The number of carbonyl (C=O) groups is 3. The molecule has 132 valence electrons. The largest absolute Gasteiger partial charge is 0.376 e. The Bertz CT molecular complexity index is 714. The average molecular weight is 381 g/mol. The predicted octanol–water partition coefficient (Wildman–Crippen LogP) is 2.67. The van der Waals surface area contributed by atoms with E-state index >= 15 is 0 Å². The number of hydrogen-bond donors (Lipinski definition) is 1. The lowest BCUT2D eigenvalue weighted by molar-refractivity contribution is -0.129. The lowest BCUT2D eigenvalue weighted by atomic mass is 10.2. The van der Waals surface area contributed by atoms with Crippen molar-refractivity contribution in [2.75, 3.05) is 19.7 Å². The van der Waals surface area contributed by atoms with Gasteiger partial charge in [0.15, 0.2) is 0 Å². The minimum absolute atomic E-state index is 0.0173. The van der Waals surface area contributed by atoms with Crippen molar-refractivity contribution in [3.8, 4) is 0 Å². The number of benzene rings is 1. The Morgan fingerprint density at radius 1 is 1.36 bits per heavy atom. The fraction of sp³-hybridized carbons (Fsp3) is 0.353. The molecule has 1 N–H and O–H groups in total. The molecule has 1 aromatic rings. The molecular weight excluding hydrogens is 364 g/mol. The molecule has 3 rings (SSSR count). The van der Waals surface area contributed by atoms with E-state index in [2.05, 4.69) is 5.32 Å². The van der Waals surface area contributed by atoms with Gasteiger partial charge in [-0.3, -0.25) is 19.3 Å². The second kappa shape index (κ2) is 8.03. The second-order valence-corrected chi connectivity index (χ2v) is 7.19. The summed E-state index contributed by atoms with van der Waals surface area (Å²) in [6.07, 6.45) is 3.53. The molecule has 1 atom stereocenters. The zero-order chi connectivity index (χ0) is 17.8. The SMILES string of the molecule is O=C(CN1C(=O)S/C(=C\c2ccc(Cl)cc2)C1=O)NC[C@@H]1CCCO1. The highest BCUT2D eigenvalue weighted by Crippen LogP contribution is 2.32. The van der Waals surface area contributed by atoms with Crippen LogP contribution in [0.1, 0.15) is 18.4 Å². The van der Waals surface area contributed by atoms with Crippen molar-refractivity contribution in [3.05, 3.63) is 39.8 Å². The number of ether oxygens (including phenoxy) is 1. The third-order valence-corrected chi connectivity index (χ3v) is 5.05. The number of nitrogens with zero attached hydrogens (tertiary/aromatic N) is 1. The maximum Gasteiger partial charge on any atom is 0.294 e. The first kappa shape index (κ1) is 18.0. The summed E-state index contributed by atoms with van der Waals surface area (Å²) in [4.78, 5) is 37.6. The molecule has 2 aliphatic rings. The zero-order valence-corrected chi connectivity index (χ0v) is 14.9. The Labute approximate surface area is 154 Å². The van der Waals surface area contributed by atoms with E-state index in [1.807, 2.05) is 0 Å². The molecule has 0 radical (unpaired) electrons. The van der Waals surface area contributed by atoms with Crippen LogP contribution in [0.25, 0.3) is 6.08 Å². The summed E-state index contributed by atoms with van der Waals surface area (Å²) in [6.45, 7) is 0.824. The fourth-order valence-electron chi connectivity index (χ4n) is 2.58. The highest BCUT2D eigenvalue weighted by Gasteiger charge is 2.36. The summed E-state index contributed by atoms with van der Waals surface area (Å²) < 4.78 is 5.42. The van der Waals surface area contributed by atoms with Gasteiger partial charge < -0.3 is 10.1 Å². The van der Waals surface area contributed by atoms with E-state index in [1.54, 1.807) is 30.3 Å². The van der Waals surface area contributed by atoms with Crippen molar-refractivity contribution >= 4 is 46.5 Å². The molecule has 1 aromatic carbocycles. The van der Waals surface area contributed by atoms with E-state index in [1.165, 1.54) is 0 Å². The van der Waals surface area contributed by atoms with Crippen LogP contribution in [-0.2, 0) is 14.3 Å². The smallest absolute Gasteiger partial charge is 0.294 e. The average Bonchev–Trinajstić information content (AvgIpc) is 3.19. The van der Waals surface area contributed by atoms with Crippen LogP contribution in [0.4, 0.5) is 4.79 Å². The molecule has 0 unspecified atom stereocenters. The summed E-state index contributed by atoms with van der Waals surface area (Å²) in [6, 6.07) is 6.92. The van der Waals surface area contributed by atoms with E-state index in [9.17, 15) is 14.4 Å². The lowest BCUT2D eigenvalue weighted by Crippen LogP contribution is -2.41. The van der Waals surface area contributed by atoms with Gasteiger partial charge in [0.25, 0.3) is 11.1 Å². The van der Waals surface area contributed by atoms with Crippen molar-refractivity contribution in [3.63, 3.8) is 0 Å². The molecule has 3 amide bonds. The van der Waals surface area contributed by atoms with Crippen molar-refractivity contribution in [2.45, 2.75) is 18.9 Å². The Morgan fingerprint density at radius 2 is 2.12 bits per heavy atom. The molecule has 2 heterocycles. The molecule has 2 aliphatic heterocycles. The van der Waals surface area contributed by atoms with Gasteiger partial charge in [0.2, 0.25) is 5.91 Å². The van der Waals surface area contributed by atoms with E-state index in [4.69, 9.17) is 16.3 Å². The van der Waals surface area contributed by atoms with Crippen molar-refractivity contribution in [1.82, 2.24) is 10.2 Å². The van der Waals surface area contributed by atoms with Gasteiger partial charge in [-0.05, 0) is 48.4 Å². The maximum absolute atomic E-state index is 12.4. The first-order valence-corrected chi connectivity index (χ1v) is 9.11. The Kier molecular flexibility index (Phi) is 5.78. The molecule has 0 aliphatic carbocycles. The van der Waals surface area contributed by atoms with Gasteiger partial charge in [0.1, 0.15) is 6.54 Å². The normalized spacial score (nSPS) is 22.0. The maximum atomic E-state index is 12.4. The minimum atomic E-state index is -0.461. The minimum Gasteiger partial charge on any atom is -0.376 e. The first-order valence-electron chi connectivity index (χ1n) is 7.92. The predicted molar refractivity (Wildman–Crippen MR) is 96.1 cm³/mol. The van der Waals surface area contributed by atoms with Crippen LogP contribution in [0.2, 0.25) is 5.02 Å². The van der Waals surface area contributed by atoms with Crippen molar-refractivity contribution in [2.24, 2.45) is 0 Å². The number of imide groups is 1. The van der Waals surface area contributed by atoms with Crippen LogP contribution in [0.3, 0.4) is 0 Å². The van der Waals surface area contributed by atoms with Crippen molar-refractivity contribution < 1.29 is 19.1 Å². The molecule has 25 heavy (non-hydrogen) atoms. The van der Waals surface area contributed by atoms with Gasteiger partial charge in [-0.2, -0.15) is 0 Å². The number of hydrogen-bond acceptors (Lipinski definition) is 5. The van der Waals surface area contributed by atoms with Gasteiger partial charge in [-0.15, -0.1) is 0 Å². The van der Waals surface area contributed by atoms with Gasteiger partial charge in [-0.1, -0.05) is 23.7 Å². The quantitative estimate of drug-likeness (QED) is 0.795. The number of halogens is 1. The van der Waals surface area contributed by atoms with Gasteiger partial charge in [0.05, 0.1) is 11.0 Å². The first-order chi connectivity index (χ1) is 12.0. The van der Waals surface area contributed by atoms with Crippen LogP contribution in [0.5, 0.6) is 0 Å². The van der Waals surface area contributed by atoms with Crippen LogP contribution in [-0.4, -0.2) is 47.8 Å². The second-order valence-electron chi connectivity index (χ2n) is 5.76. The van der Waals surface area contributed by atoms with E-state index in [0.717, 1.165) is 35.1 Å². The van der Waals surface area contributed by atoms with Crippen molar-refractivity contribution in [1.29, 1.82) is 0 Å². The molecule has 0 spiro atoms. The highest BCUT2D eigenvalue weighted by molar-refractivity contribution is 8.18. The van der Waals surface area contributed by atoms with Crippen LogP contribution < -0.4 is 5.32 Å². The number of carbonyl (C=O) groups excluding carboxylic acids is 3. The molecule has 2 fully saturated rings. The summed E-state index contributed by atoms with van der Waals surface area (Å²) in [5, 5.41) is 2.85. The third-order valence-electron chi connectivity index (χ3n) is 3.89. The number of rotatable bonds is 5. The molecule has 0 saturated carbocycles. The Hall–Kier alpha value is -1.83. The Morgan fingerprint density at radius 3 is 2.80 bits per heavy atom.